The molecule has 0 aliphatic carbocycles. The van der Waals surface area contributed by atoms with E-state index in [9.17, 15) is 9.59 Å². The normalized spacial score (nSPS) is 15.6. The third-order valence-electron chi connectivity index (χ3n) is 4.65. The molecule has 2 aromatic carbocycles. The summed E-state index contributed by atoms with van der Waals surface area (Å²) in [4.78, 5) is 26.0. The van der Waals surface area contributed by atoms with Crippen molar-refractivity contribution < 1.29 is 19.0 Å². The van der Waals surface area contributed by atoms with Crippen molar-refractivity contribution in [2.75, 3.05) is 13.9 Å². The van der Waals surface area contributed by atoms with Gasteiger partial charge in [0.1, 0.15) is 11.3 Å². The number of nitrogens with two attached hydrogens (primary N) is 1. The Morgan fingerprint density at radius 2 is 2.00 bits per heavy atom. The third kappa shape index (κ3) is 3.54. The molecule has 2 heterocycles. The smallest absolute Gasteiger partial charge is 0.342 e. The summed E-state index contributed by atoms with van der Waals surface area (Å²) in [7, 11) is 1.38. The third-order valence-corrected chi connectivity index (χ3v) is 6.20. The second-order valence-electron chi connectivity index (χ2n) is 6.45. The molecule has 1 aliphatic heterocycles. The summed E-state index contributed by atoms with van der Waals surface area (Å²) in [6, 6.07) is 12.1. The Labute approximate surface area is 185 Å². The van der Waals surface area contributed by atoms with Crippen molar-refractivity contribution in [3.8, 4) is 5.75 Å². The van der Waals surface area contributed by atoms with Gasteiger partial charge in [0.05, 0.1) is 11.5 Å². The van der Waals surface area contributed by atoms with Gasteiger partial charge < -0.3 is 19.9 Å². The van der Waals surface area contributed by atoms with Crippen LogP contribution in [0.15, 0.2) is 58.7 Å². The molecule has 4 rings (SSSR count). The van der Waals surface area contributed by atoms with Crippen LogP contribution in [0.4, 0.5) is 0 Å². The van der Waals surface area contributed by atoms with Crippen LogP contribution in [0, 0.1) is 0 Å². The Hall–Kier alpha value is -2.58. The molecule has 0 saturated heterocycles. The van der Waals surface area contributed by atoms with E-state index in [0.29, 0.717) is 21.7 Å². The summed E-state index contributed by atoms with van der Waals surface area (Å²) in [6.07, 6.45) is 0. The lowest BCUT2D eigenvalue weighted by Crippen LogP contribution is -2.31. The second kappa shape index (κ2) is 8.28. The molecule has 30 heavy (non-hydrogen) atoms. The monoisotopic (exact) mass is 463 g/mol. The zero-order valence-electron chi connectivity index (χ0n) is 15.6. The number of esters is 1. The first-order chi connectivity index (χ1) is 14.4. The number of hydrogen-bond acceptors (Lipinski definition) is 7. The van der Waals surface area contributed by atoms with E-state index in [0.717, 1.165) is 16.0 Å². The molecule has 0 bridgehead atoms. The van der Waals surface area contributed by atoms with E-state index in [2.05, 4.69) is 0 Å². The average Bonchev–Trinajstić information content (AvgIpc) is 2.71. The number of carbonyl (C=O) groups excluding carboxylic acids is 1. The summed E-state index contributed by atoms with van der Waals surface area (Å²) in [6.45, 7) is -0.284. The Balaban J connectivity index is 2.02. The maximum Gasteiger partial charge on any atom is 0.342 e. The highest BCUT2D eigenvalue weighted by Gasteiger charge is 2.39. The van der Waals surface area contributed by atoms with Crippen molar-refractivity contribution >= 4 is 50.6 Å². The molecule has 0 amide bonds. The van der Waals surface area contributed by atoms with Crippen LogP contribution in [-0.4, -0.2) is 19.9 Å². The van der Waals surface area contributed by atoms with Gasteiger partial charge in [-0.3, -0.25) is 4.79 Å². The highest BCUT2D eigenvalue weighted by atomic mass is 35.5. The molecule has 1 unspecified atom stereocenters. The SMILES string of the molecule is COCOC(=O)C1=C(N)Oc2c(c(=O)sc3ccccc23)C1c1ccc(Cl)cc1Cl. The second-order valence-corrected chi connectivity index (χ2v) is 8.30. The number of carbonyl (C=O) groups is 1. The largest absolute Gasteiger partial charge is 0.440 e. The van der Waals surface area contributed by atoms with Crippen molar-refractivity contribution in [3.05, 3.63) is 84.6 Å². The van der Waals surface area contributed by atoms with E-state index >= 15 is 0 Å². The molecule has 9 heteroatoms. The quantitative estimate of drug-likeness (QED) is 0.455. The van der Waals surface area contributed by atoms with Crippen LogP contribution in [0.1, 0.15) is 17.0 Å². The van der Waals surface area contributed by atoms with Gasteiger partial charge in [-0.15, -0.1) is 0 Å². The zero-order valence-corrected chi connectivity index (χ0v) is 17.9. The topological polar surface area (TPSA) is 87.8 Å². The van der Waals surface area contributed by atoms with Gasteiger partial charge in [-0.25, -0.2) is 4.79 Å². The lowest BCUT2D eigenvalue weighted by molar-refractivity contribution is -0.149. The molecule has 1 aliphatic rings. The van der Waals surface area contributed by atoms with E-state index in [1.54, 1.807) is 12.1 Å². The Bertz CT molecular complexity index is 1250. The zero-order chi connectivity index (χ0) is 21.4. The average molecular weight is 464 g/mol. The maximum absolute atomic E-state index is 13.2. The van der Waals surface area contributed by atoms with Crippen LogP contribution in [0.2, 0.25) is 10.0 Å². The molecule has 2 N–H and O–H groups in total. The van der Waals surface area contributed by atoms with Gasteiger partial charge in [0, 0.05) is 27.2 Å². The van der Waals surface area contributed by atoms with Gasteiger partial charge in [0.25, 0.3) is 0 Å². The minimum absolute atomic E-state index is 0.0247. The van der Waals surface area contributed by atoms with E-state index in [-0.39, 0.29) is 33.6 Å². The van der Waals surface area contributed by atoms with Gasteiger partial charge in [-0.1, -0.05) is 52.7 Å². The van der Waals surface area contributed by atoms with Gasteiger partial charge >= 0.3 is 5.97 Å². The number of fused-ring (bicyclic) bond motifs is 3. The molecule has 1 aromatic heterocycles. The Morgan fingerprint density at radius 3 is 2.73 bits per heavy atom. The van der Waals surface area contributed by atoms with Crippen LogP contribution in [-0.2, 0) is 14.3 Å². The molecule has 0 radical (unpaired) electrons. The number of methoxy groups -OCH3 is 1. The molecular weight excluding hydrogens is 449 g/mol. The van der Waals surface area contributed by atoms with Crippen molar-refractivity contribution in [1.29, 1.82) is 0 Å². The number of benzene rings is 2. The van der Waals surface area contributed by atoms with Crippen LogP contribution in [0.3, 0.4) is 0 Å². The summed E-state index contributed by atoms with van der Waals surface area (Å²) < 4.78 is 16.2. The van der Waals surface area contributed by atoms with Crippen LogP contribution in [0.5, 0.6) is 5.75 Å². The van der Waals surface area contributed by atoms with E-state index in [1.807, 2.05) is 24.3 Å². The van der Waals surface area contributed by atoms with Crippen molar-refractivity contribution in [1.82, 2.24) is 0 Å². The predicted octanol–water partition coefficient (Wildman–Crippen LogP) is 4.41. The lowest BCUT2D eigenvalue weighted by atomic mass is 9.83. The minimum Gasteiger partial charge on any atom is -0.440 e. The molecule has 6 nitrogen and oxygen atoms in total. The minimum atomic E-state index is -0.892. The highest BCUT2D eigenvalue weighted by Crippen LogP contribution is 2.46. The Morgan fingerprint density at radius 1 is 1.23 bits per heavy atom. The molecule has 0 fully saturated rings. The fourth-order valence-corrected chi connectivity index (χ4v) is 4.86. The number of hydrogen-bond donors (Lipinski definition) is 1. The first-order valence-corrected chi connectivity index (χ1v) is 10.3. The van der Waals surface area contributed by atoms with Gasteiger partial charge in [0.15, 0.2) is 6.79 Å². The number of ether oxygens (including phenoxy) is 3. The first-order valence-electron chi connectivity index (χ1n) is 8.76. The molecule has 154 valence electrons. The van der Waals surface area contributed by atoms with Crippen molar-refractivity contribution in [2.45, 2.75) is 5.92 Å². The highest BCUT2D eigenvalue weighted by molar-refractivity contribution is 7.16. The van der Waals surface area contributed by atoms with Gasteiger partial charge in [0.2, 0.25) is 10.6 Å². The van der Waals surface area contributed by atoms with Crippen LogP contribution < -0.4 is 15.2 Å². The van der Waals surface area contributed by atoms with E-state index in [4.69, 9.17) is 43.1 Å². The Kier molecular flexibility index (Phi) is 5.71. The molecule has 3 aromatic rings. The van der Waals surface area contributed by atoms with Gasteiger partial charge in [-0.05, 0) is 29.8 Å². The number of halogens is 2. The fraction of sp³-hybridized carbons (Fsp3) is 0.143. The lowest BCUT2D eigenvalue weighted by Gasteiger charge is -2.29. The molecular formula is C21H15Cl2NO5S. The molecule has 0 spiro atoms. The number of rotatable bonds is 4. The van der Waals surface area contributed by atoms with Gasteiger partial charge in [-0.2, -0.15) is 0 Å². The summed E-state index contributed by atoms with van der Waals surface area (Å²) in [5, 5.41) is 1.40. The first kappa shape index (κ1) is 20.7. The van der Waals surface area contributed by atoms with E-state index < -0.39 is 11.9 Å². The van der Waals surface area contributed by atoms with Crippen molar-refractivity contribution in [2.24, 2.45) is 5.73 Å². The van der Waals surface area contributed by atoms with Crippen LogP contribution >= 0.6 is 34.5 Å². The van der Waals surface area contributed by atoms with Crippen LogP contribution in [0.25, 0.3) is 10.1 Å². The summed E-state index contributed by atoms with van der Waals surface area (Å²) in [5.74, 6) is -1.53. The molecule has 1 atom stereocenters. The fourth-order valence-electron chi connectivity index (χ4n) is 3.40. The summed E-state index contributed by atoms with van der Waals surface area (Å²) in [5.41, 5.74) is 6.89. The summed E-state index contributed by atoms with van der Waals surface area (Å²) >= 11 is 13.6. The molecule has 0 saturated carbocycles. The van der Waals surface area contributed by atoms with Crippen molar-refractivity contribution in [3.63, 3.8) is 0 Å². The van der Waals surface area contributed by atoms with E-state index in [1.165, 1.54) is 13.2 Å². The maximum atomic E-state index is 13.2. The standard InChI is InChI=1S/C21H15Cl2NO5S/c1-27-9-28-20(25)17-15(11-7-6-10(22)8-13(11)23)16-18(29-19(17)24)12-4-2-3-5-14(12)30-21(16)26/h2-8,15H,9,24H2,1H3. The predicted molar refractivity (Wildman–Crippen MR) is 116 cm³/mol.